The van der Waals surface area contributed by atoms with Crippen LogP contribution in [0.3, 0.4) is 0 Å². The molecule has 158 valence electrons. The smallest absolute Gasteiger partial charge is 0.266 e. The van der Waals surface area contributed by atoms with Crippen LogP contribution in [-0.2, 0) is 11.3 Å². The van der Waals surface area contributed by atoms with Crippen LogP contribution >= 0.6 is 34.8 Å². The zero-order valence-corrected chi connectivity index (χ0v) is 18.9. The minimum Gasteiger partial charge on any atom is -0.342 e. The number of aromatic nitrogens is 1. The first-order valence-electron chi connectivity index (χ1n) is 9.65. The monoisotopic (exact) mass is 479 g/mol. The van der Waals surface area contributed by atoms with Gasteiger partial charge in [0.2, 0.25) is 0 Å². The van der Waals surface area contributed by atoms with E-state index in [1.54, 1.807) is 18.2 Å². The highest BCUT2D eigenvalue weighted by Gasteiger charge is 2.14. The number of hydrogen-bond acceptors (Lipinski definition) is 2. The van der Waals surface area contributed by atoms with Gasteiger partial charge in [-0.2, -0.15) is 5.26 Å². The number of benzene rings is 3. The summed E-state index contributed by atoms with van der Waals surface area (Å²) < 4.78 is 2.07. The highest BCUT2D eigenvalue weighted by atomic mass is 35.5. The highest BCUT2D eigenvalue weighted by Crippen LogP contribution is 2.27. The Kier molecular flexibility index (Phi) is 6.53. The first-order valence-corrected chi connectivity index (χ1v) is 10.8. The van der Waals surface area contributed by atoms with E-state index in [4.69, 9.17) is 34.8 Å². The third kappa shape index (κ3) is 4.81. The molecule has 0 unspecified atom stereocenters. The first kappa shape index (κ1) is 22.0. The van der Waals surface area contributed by atoms with Crippen molar-refractivity contribution in [3.05, 3.63) is 105 Å². The van der Waals surface area contributed by atoms with Crippen LogP contribution in [0.4, 0.5) is 5.69 Å². The summed E-state index contributed by atoms with van der Waals surface area (Å²) in [5, 5.41) is 14.6. The standard InChI is InChI=1S/C25H16Cl3N3O/c26-19-5-3-4-16(10-19)14-31-15-18(21-6-1-2-7-24(21)31)11-17(13-29)25(32)30-20-8-9-22(27)23(28)12-20/h1-12,15H,14H2,(H,30,32)/b17-11+. The van der Waals surface area contributed by atoms with Gasteiger partial charge in [-0.05, 0) is 48.0 Å². The second-order valence-corrected chi connectivity index (χ2v) is 8.36. The molecule has 4 rings (SSSR count). The number of nitrogens with one attached hydrogen (secondary N) is 1. The summed E-state index contributed by atoms with van der Waals surface area (Å²) in [6, 6.07) is 22.2. The Bertz CT molecular complexity index is 1400. The lowest BCUT2D eigenvalue weighted by Crippen LogP contribution is -2.13. The van der Waals surface area contributed by atoms with E-state index in [1.165, 1.54) is 6.07 Å². The third-order valence-corrected chi connectivity index (χ3v) is 5.88. The van der Waals surface area contributed by atoms with Gasteiger partial charge in [0.1, 0.15) is 11.6 Å². The number of rotatable bonds is 5. The Morgan fingerprint density at radius 2 is 1.81 bits per heavy atom. The number of carbonyl (C=O) groups excluding carboxylic acids is 1. The molecule has 4 nitrogen and oxygen atoms in total. The minimum absolute atomic E-state index is 0.0262. The maximum Gasteiger partial charge on any atom is 0.266 e. The molecule has 1 amide bonds. The summed E-state index contributed by atoms with van der Waals surface area (Å²) in [6.45, 7) is 0.603. The summed E-state index contributed by atoms with van der Waals surface area (Å²) in [7, 11) is 0. The van der Waals surface area contributed by atoms with E-state index in [0.717, 1.165) is 22.0 Å². The molecular weight excluding hydrogens is 465 g/mol. The number of anilines is 1. The van der Waals surface area contributed by atoms with E-state index in [0.29, 0.717) is 27.3 Å². The van der Waals surface area contributed by atoms with Crippen molar-refractivity contribution in [1.29, 1.82) is 5.26 Å². The van der Waals surface area contributed by atoms with Crippen LogP contribution in [0.1, 0.15) is 11.1 Å². The molecule has 0 bridgehead atoms. The Labute approximate surface area is 200 Å². The van der Waals surface area contributed by atoms with Crippen LogP contribution in [-0.4, -0.2) is 10.5 Å². The van der Waals surface area contributed by atoms with Crippen molar-refractivity contribution in [2.24, 2.45) is 0 Å². The maximum absolute atomic E-state index is 12.7. The van der Waals surface area contributed by atoms with Crippen molar-refractivity contribution in [3.8, 4) is 6.07 Å². The quantitative estimate of drug-likeness (QED) is 0.243. The number of hydrogen-bond donors (Lipinski definition) is 1. The van der Waals surface area contributed by atoms with Gasteiger partial charge in [0.05, 0.1) is 10.0 Å². The van der Waals surface area contributed by atoms with Gasteiger partial charge < -0.3 is 9.88 Å². The number of halogens is 3. The first-order chi connectivity index (χ1) is 15.4. The summed E-state index contributed by atoms with van der Waals surface area (Å²) in [4.78, 5) is 12.7. The molecule has 0 saturated carbocycles. The van der Waals surface area contributed by atoms with E-state index in [9.17, 15) is 10.1 Å². The van der Waals surface area contributed by atoms with Gasteiger partial charge in [0, 0.05) is 39.9 Å². The Morgan fingerprint density at radius 3 is 2.56 bits per heavy atom. The van der Waals surface area contributed by atoms with Crippen LogP contribution in [0.2, 0.25) is 15.1 Å². The lowest BCUT2D eigenvalue weighted by molar-refractivity contribution is -0.112. The van der Waals surface area contributed by atoms with E-state index in [2.05, 4.69) is 9.88 Å². The van der Waals surface area contributed by atoms with Crippen molar-refractivity contribution in [3.63, 3.8) is 0 Å². The van der Waals surface area contributed by atoms with E-state index in [1.807, 2.05) is 60.8 Å². The number of nitrogens with zero attached hydrogens (tertiary/aromatic N) is 2. The van der Waals surface area contributed by atoms with Gasteiger partial charge in [-0.1, -0.05) is 65.1 Å². The molecule has 3 aromatic carbocycles. The van der Waals surface area contributed by atoms with E-state index < -0.39 is 5.91 Å². The zero-order valence-electron chi connectivity index (χ0n) is 16.6. The molecule has 1 heterocycles. The second kappa shape index (κ2) is 9.50. The predicted molar refractivity (Wildman–Crippen MR) is 131 cm³/mol. The van der Waals surface area contributed by atoms with Gasteiger partial charge in [-0.15, -0.1) is 0 Å². The lowest BCUT2D eigenvalue weighted by atomic mass is 10.1. The average molecular weight is 481 g/mol. The van der Waals surface area contributed by atoms with Gasteiger partial charge in [-0.25, -0.2) is 0 Å². The molecular formula is C25H16Cl3N3O. The minimum atomic E-state index is -0.530. The van der Waals surface area contributed by atoms with E-state index >= 15 is 0 Å². The topological polar surface area (TPSA) is 57.8 Å². The van der Waals surface area contributed by atoms with E-state index in [-0.39, 0.29) is 5.57 Å². The number of nitriles is 1. The van der Waals surface area contributed by atoms with Crippen LogP contribution in [0.25, 0.3) is 17.0 Å². The Balaban J connectivity index is 1.67. The molecule has 1 aromatic heterocycles. The average Bonchev–Trinajstić information content (AvgIpc) is 3.12. The van der Waals surface area contributed by atoms with Crippen LogP contribution in [0.15, 0.2) is 78.5 Å². The van der Waals surface area contributed by atoms with Gasteiger partial charge in [0.25, 0.3) is 5.91 Å². The van der Waals surface area contributed by atoms with Gasteiger partial charge in [0.15, 0.2) is 0 Å². The lowest BCUT2D eigenvalue weighted by Gasteiger charge is -2.06. The van der Waals surface area contributed by atoms with Crippen molar-refractivity contribution in [1.82, 2.24) is 4.57 Å². The maximum atomic E-state index is 12.7. The summed E-state index contributed by atoms with van der Waals surface area (Å²) in [6.07, 6.45) is 3.51. The second-order valence-electron chi connectivity index (χ2n) is 7.11. The molecule has 0 fully saturated rings. The molecule has 0 aliphatic carbocycles. The largest absolute Gasteiger partial charge is 0.342 e. The molecule has 0 spiro atoms. The fourth-order valence-electron chi connectivity index (χ4n) is 3.43. The van der Waals surface area contributed by atoms with Gasteiger partial charge in [-0.3, -0.25) is 4.79 Å². The van der Waals surface area contributed by atoms with Crippen molar-refractivity contribution < 1.29 is 4.79 Å². The molecule has 4 aromatic rings. The molecule has 7 heteroatoms. The predicted octanol–water partition coefficient (Wildman–Crippen LogP) is 7.20. The molecule has 0 aliphatic rings. The number of para-hydroxylation sites is 1. The van der Waals surface area contributed by atoms with Crippen LogP contribution in [0, 0.1) is 11.3 Å². The zero-order chi connectivity index (χ0) is 22.7. The normalized spacial score (nSPS) is 11.4. The Hall–Kier alpha value is -3.23. The molecule has 32 heavy (non-hydrogen) atoms. The molecule has 0 saturated heterocycles. The van der Waals surface area contributed by atoms with Crippen LogP contribution in [0.5, 0.6) is 0 Å². The van der Waals surface area contributed by atoms with Crippen molar-refractivity contribution >= 4 is 63.4 Å². The molecule has 0 atom stereocenters. The highest BCUT2D eigenvalue weighted by molar-refractivity contribution is 6.42. The fraction of sp³-hybridized carbons (Fsp3) is 0.0400. The van der Waals surface area contributed by atoms with Crippen molar-refractivity contribution in [2.45, 2.75) is 6.54 Å². The fourth-order valence-corrected chi connectivity index (χ4v) is 3.94. The number of amides is 1. The SMILES string of the molecule is N#C/C(=C\c1cn(Cc2cccc(Cl)c2)c2ccccc12)C(=O)Nc1ccc(Cl)c(Cl)c1. The molecule has 1 N–H and O–H groups in total. The molecule has 0 aliphatic heterocycles. The number of fused-ring (bicyclic) bond motifs is 1. The Morgan fingerprint density at radius 1 is 1.00 bits per heavy atom. The summed E-state index contributed by atoms with van der Waals surface area (Å²) in [5.74, 6) is -0.530. The van der Waals surface area contributed by atoms with Gasteiger partial charge >= 0.3 is 0 Å². The van der Waals surface area contributed by atoms with Crippen LogP contribution < -0.4 is 5.32 Å². The summed E-state index contributed by atoms with van der Waals surface area (Å²) >= 11 is 18.1. The molecule has 0 radical (unpaired) electrons. The summed E-state index contributed by atoms with van der Waals surface area (Å²) in [5.41, 5.74) is 3.23. The number of carbonyl (C=O) groups is 1. The third-order valence-electron chi connectivity index (χ3n) is 4.90. The van der Waals surface area contributed by atoms with Crippen molar-refractivity contribution in [2.75, 3.05) is 5.32 Å².